The molecular formula is C4H7ClN2O. The third-order valence-electron chi connectivity index (χ3n) is 0.352. The first kappa shape index (κ1) is 10.3. The van der Waals surface area contributed by atoms with Crippen molar-refractivity contribution in [1.29, 1.82) is 5.26 Å². The highest BCUT2D eigenvalue weighted by Crippen LogP contribution is 1.63. The van der Waals surface area contributed by atoms with Crippen molar-refractivity contribution in [3.8, 4) is 6.19 Å². The first-order chi connectivity index (χ1) is 3.41. The van der Waals surface area contributed by atoms with Gasteiger partial charge in [-0.05, 0) is 6.92 Å². The van der Waals surface area contributed by atoms with E-state index < -0.39 is 0 Å². The maximum Gasteiger partial charge on any atom is 0.208 e. The van der Waals surface area contributed by atoms with Crippen molar-refractivity contribution in [1.82, 2.24) is 0 Å². The summed E-state index contributed by atoms with van der Waals surface area (Å²) in [5.41, 5.74) is 0. The molecule has 0 saturated heterocycles. The van der Waals surface area contributed by atoms with Gasteiger partial charge in [-0.3, -0.25) is 0 Å². The molecule has 0 atom stereocenters. The Labute approximate surface area is 54.4 Å². The smallest absolute Gasteiger partial charge is 0.208 e. The second-order valence-electron chi connectivity index (χ2n) is 0.790. The van der Waals surface area contributed by atoms with Crippen LogP contribution in [-0.2, 0) is 4.74 Å². The highest BCUT2D eigenvalue weighted by atomic mass is 35.5. The van der Waals surface area contributed by atoms with Gasteiger partial charge in [0.25, 0.3) is 0 Å². The van der Waals surface area contributed by atoms with Gasteiger partial charge in [-0.25, -0.2) is 0 Å². The summed E-state index contributed by atoms with van der Waals surface area (Å²) in [6, 6.07) is 0. The Morgan fingerprint density at radius 1 is 1.88 bits per heavy atom. The molecule has 0 rings (SSSR count). The molecule has 0 amide bonds. The molecule has 0 spiro atoms. The van der Waals surface area contributed by atoms with Gasteiger partial charge in [-0.2, -0.15) is 5.26 Å². The van der Waals surface area contributed by atoms with E-state index in [0.29, 0.717) is 6.61 Å². The zero-order valence-electron chi connectivity index (χ0n) is 4.50. The lowest BCUT2D eigenvalue weighted by Crippen LogP contribution is -1.82. The molecule has 0 fully saturated rings. The van der Waals surface area contributed by atoms with Crippen LogP contribution in [0.3, 0.4) is 0 Å². The second-order valence-corrected chi connectivity index (χ2v) is 0.790. The number of ether oxygens (including phenoxy) is 1. The molecule has 46 valence electrons. The Kier molecular flexibility index (Phi) is 12.2. The van der Waals surface area contributed by atoms with Gasteiger partial charge in [-0.15, -0.1) is 17.4 Å². The normalized spacial score (nSPS) is 7.50. The lowest BCUT2D eigenvalue weighted by Gasteiger charge is -1.84. The number of aliphatic imine (C=N–C) groups is 1. The van der Waals surface area contributed by atoms with E-state index in [9.17, 15) is 0 Å². The lowest BCUT2D eigenvalue weighted by atomic mass is 10.9. The summed E-state index contributed by atoms with van der Waals surface area (Å²) in [7, 11) is 0. The van der Waals surface area contributed by atoms with Gasteiger partial charge < -0.3 is 4.74 Å². The maximum atomic E-state index is 7.76. The molecule has 0 aromatic carbocycles. The summed E-state index contributed by atoms with van der Waals surface area (Å²) in [5.74, 6) is 0. The van der Waals surface area contributed by atoms with Crippen molar-refractivity contribution in [2.24, 2.45) is 4.99 Å². The molecule has 0 aliphatic heterocycles. The van der Waals surface area contributed by atoms with Gasteiger partial charge in [0.05, 0.1) is 6.61 Å². The quantitative estimate of drug-likeness (QED) is 0.321. The van der Waals surface area contributed by atoms with Gasteiger partial charge in [0, 0.05) is 0 Å². The predicted molar refractivity (Wildman–Crippen MR) is 33.0 cm³/mol. The molecule has 0 unspecified atom stereocenters. The van der Waals surface area contributed by atoms with E-state index in [2.05, 4.69) is 9.73 Å². The number of nitriles is 1. The van der Waals surface area contributed by atoms with E-state index in [0.717, 1.165) is 6.40 Å². The van der Waals surface area contributed by atoms with Crippen LogP contribution in [0.2, 0.25) is 0 Å². The Morgan fingerprint density at radius 2 is 2.50 bits per heavy atom. The van der Waals surface area contributed by atoms with Crippen LogP contribution >= 0.6 is 12.4 Å². The van der Waals surface area contributed by atoms with Crippen molar-refractivity contribution in [3.63, 3.8) is 0 Å². The van der Waals surface area contributed by atoms with Gasteiger partial charge >= 0.3 is 0 Å². The van der Waals surface area contributed by atoms with Crippen molar-refractivity contribution < 1.29 is 4.74 Å². The van der Waals surface area contributed by atoms with Crippen molar-refractivity contribution >= 4 is 18.8 Å². The Bertz CT molecular complexity index is 96.7. The molecule has 0 radical (unpaired) electrons. The SMILES string of the molecule is CCOC=NC#N.Cl. The average Bonchev–Trinajstić information content (AvgIpc) is 1.69. The zero-order valence-corrected chi connectivity index (χ0v) is 5.31. The molecule has 0 bridgehead atoms. The van der Waals surface area contributed by atoms with E-state index in [-0.39, 0.29) is 12.4 Å². The molecule has 4 heteroatoms. The summed E-state index contributed by atoms with van der Waals surface area (Å²) in [5, 5.41) is 7.76. The van der Waals surface area contributed by atoms with E-state index in [1.807, 2.05) is 6.92 Å². The lowest BCUT2D eigenvalue weighted by molar-refractivity contribution is 0.344. The molecule has 3 nitrogen and oxygen atoms in total. The molecule has 8 heavy (non-hydrogen) atoms. The summed E-state index contributed by atoms with van der Waals surface area (Å²) < 4.78 is 4.56. The zero-order chi connectivity index (χ0) is 5.54. The number of halogens is 1. The molecule has 0 aromatic heterocycles. The topological polar surface area (TPSA) is 45.4 Å². The van der Waals surface area contributed by atoms with Crippen LogP contribution < -0.4 is 0 Å². The molecule has 0 aromatic rings. The molecule has 0 aliphatic carbocycles. The molecule has 0 aliphatic rings. The fraction of sp³-hybridized carbons (Fsp3) is 0.500. The minimum absolute atomic E-state index is 0. The minimum atomic E-state index is 0. The third-order valence-corrected chi connectivity index (χ3v) is 0.352. The molecule has 0 saturated carbocycles. The Morgan fingerprint density at radius 3 is 2.88 bits per heavy atom. The monoisotopic (exact) mass is 134 g/mol. The van der Waals surface area contributed by atoms with E-state index in [1.54, 1.807) is 6.19 Å². The summed E-state index contributed by atoms with van der Waals surface area (Å²) in [4.78, 5) is 3.12. The van der Waals surface area contributed by atoms with E-state index in [1.165, 1.54) is 0 Å². The van der Waals surface area contributed by atoms with Crippen LogP contribution in [0, 0.1) is 11.5 Å². The van der Waals surface area contributed by atoms with Crippen molar-refractivity contribution in [3.05, 3.63) is 0 Å². The van der Waals surface area contributed by atoms with E-state index in [4.69, 9.17) is 5.26 Å². The van der Waals surface area contributed by atoms with Gasteiger partial charge in [0.2, 0.25) is 6.19 Å². The predicted octanol–water partition coefficient (Wildman–Crippen LogP) is 0.954. The number of hydrogen-bond donors (Lipinski definition) is 0. The summed E-state index contributed by atoms with van der Waals surface area (Å²) in [6.07, 6.45) is 2.67. The third kappa shape index (κ3) is 8.98. The number of nitrogens with zero attached hydrogens (tertiary/aromatic N) is 2. The van der Waals surface area contributed by atoms with Gasteiger partial charge in [0.1, 0.15) is 0 Å². The second kappa shape index (κ2) is 9.54. The van der Waals surface area contributed by atoms with Crippen LogP contribution in [0.4, 0.5) is 0 Å². The van der Waals surface area contributed by atoms with Crippen LogP contribution in [0.15, 0.2) is 4.99 Å². The fourth-order valence-corrected chi connectivity index (χ4v) is 0.135. The Balaban J connectivity index is 0. The van der Waals surface area contributed by atoms with Crippen LogP contribution in [0.25, 0.3) is 0 Å². The summed E-state index contributed by atoms with van der Waals surface area (Å²) >= 11 is 0. The van der Waals surface area contributed by atoms with Gasteiger partial charge in [-0.1, -0.05) is 0 Å². The van der Waals surface area contributed by atoms with Crippen molar-refractivity contribution in [2.75, 3.05) is 6.61 Å². The molecule has 0 N–H and O–H groups in total. The number of hydrogen-bond acceptors (Lipinski definition) is 3. The highest BCUT2D eigenvalue weighted by molar-refractivity contribution is 5.85. The standard InChI is InChI=1S/C4H6N2O.ClH/c1-2-7-4-6-3-5;/h4H,2H2,1H3;1H. The van der Waals surface area contributed by atoms with Crippen LogP contribution in [0.1, 0.15) is 6.92 Å². The first-order valence-electron chi connectivity index (χ1n) is 1.94. The minimum Gasteiger partial charge on any atom is -0.483 e. The molecular weight excluding hydrogens is 128 g/mol. The maximum absolute atomic E-state index is 7.76. The first-order valence-corrected chi connectivity index (χ1v) is 1.94. The highest BCUT2D eigenvalue weighted by Gasteiger charge is 1.64. The van der Waals surface area contributed by atoms with Crippen molar-refractivity contribution in [2.45, 2.75) is 6.92 Å². The Hall–Kier alpha value is -0.750. The fourth-order valence-electron chi connectivity index (χ4n) is 0.135. The van der Waals surface area contributed by atoms with Crippen LogP contribution in [0.5, 0.6) is 0 Å². The molecule has 0 heterocycles. The van der Waals surface area contributed by atoms with Crippen LogP contribution in [-0.4, -0.2) is 13.0 Å². The number of rotatable bonds is 2. The summed E-state index contributed by atoms with van der Waals surface area (Å²) in [6.45, 7) is 2.38. The van der Waals surface area contributed by atoms with E-state index >= 15 is 0 Å². The van der Waals surface area contributed by atoms with Gasteiger partial charge in [0.15, 0.2) is 6.40 Å². The largest absolute Gasteiger partial charge is 0.483 e. The average molecular weight is 135 g/mol.